The summed E-state index contributed by atoms with van der Waals surface area (Å²) in [4.78, 5) is 74.2. The van der Waals surface area contributed by atoms with Crippen LogP contribution in [0.3, 0.4) is 0 Å². The highest BCUT2D eigenvalue weighted by atomic mass is 16.4. The summed E-state index contributed by atoms with van der Waals surface area (Å²) in [5.41, 5.74) is -7.47. The molecule has 1 aromatic rings. The summed E-state index contributed by atoms with van der Waals surface area (Å²) in [5.74, 6) is -9.38. The molecule has 156 valence electrons. The van der Waals surface area contributed by atoms with Gasteiger partial charge in [0, 0.05) is 0 Å². The first-order valence-electron chi connectivity index (χ1n) is 8.21. The van der Waals surface area contributed by atoms with Gasteiger partial charge < -0.3 is 15.3 Å². The fraction of sp³-hybridized carbons (Fsp3) is 0.143. The van der Waals surface area contributed by atoms with Crippen LogP contribution in [0.4, 0.5) is 0 Å². The molecule has 0 unspecified atom stereocenters. The third kappa shape index (κ3) is 4.00. The predicted octanol–water partition coefficient (Wildman–Crippen LogP) is 3.06. The molecule has 0 saturated heterocycles. The standard InChI is InChI=1S/C21H18O9/c1-7(2)16(22)10-13(19(25)26)11(17(23)8(3)4)15(21(29)30)12(14(10)20(27)28)18(24)9(5)6/h1,3,5H2,2,4,6H3,(H,25,26)(H,27,28)(H,29,30). The van der Waals surface area contributed by atoms with Crippen LogP contribution >= 0.6 is 0 Å². The van der Waals surface area contributed by atoms with Gasteiger partial charge in [-0.3, -0.25) is 14.4 Å². The molecular weight excluding hydrogens is 396 g/mol. The van der Waals surface area contributed by atoms with Gasteiger partial charge in [-0.1, -0.05) is 19.7 Å². The van der Waals surface area contributed by atoms with E-state index in [1.807, 2.05) is 0 Å². The SMILES string of the molecule is C=C(C)C(=O)c1c(C(=O)O)c(C(=O)C(=C)C)c(C(=O)O)c(C(=O)C(=C)C)c1C(=O)O. The molecule has 0 atom stereocenters. The summed E-state index contributed by atoms with van der Waals surface area (Å²) in [7, 11) is 0. The van der Waals surface area contributed by atoms with E-state index >= 15 is 0 Å². The van der Waals surface area contributed by atoms with E-state index < -0.39 is 68.6 Å². The highest BCUT2D eigenvalue weighted by molar-refractivity contribution is 6.30. The summed E-state index contributed by atoms with van der Waals surface area (Å²) >= 11 is 0. The van der Waals surface area contributed by atoms with Crippen molar-refractivity contribution >= 4 is 35.3 Å². The minimum absolute atomic E-state index is 0.300. The Bertz CT molecular complexity index is 941. The van der Waals surface area contributed by atoms with Crippen LogP contribution in [0, 0.1) is 0 Å². The van der Waals surface area contributed by atoms with Gasteiger partial charge in [-0.25, -0.2) is 14.4 Å². The molecule has 0 aliphatic rings. The quantitative estimate of drug-likeness (QED) is 0.407. The maximum atomic E-state index is 12.7. The van der Waals surface area contributed by atoms with Gasteiger partial charge in [0.05, 0.1) is 33.4 Å². The highest BCUT2D eigenvalue weighted by Crippen LogP contribution is 2.33. The zero-order chi connectivity index (χ0) is 23.7. The number of Topliss-reactive ketones (excluding diaryl/α,β-unsaturated/α-hetero) is 3. The Morgan fingerprint density at radius 2 is 0.633 bits per heavy atom. The number of hydrogen-bond donors (Lipinski definition) is 3. The Morgan fingerprint density at radius 1 is 0.467 bits per heavy atom. The van der Waals surface area contributed by atoms with Crippen molar-refractivity contribution in [1.82, 2.24) is 0 Å². The van der Waals surface area contributed by atoms with E-state index in [4.69, 9.17) is 0 Å². The van der Waals surface area contributed by atoms with Gasteiger partial charge in [-0.2, -0.15) is 0 Å². The number of carboxylic acid groups (broad SMARTS) is 3. The van der Waals surface area contributed by atoms with Crippen molar-refractivity contribution in [3.63, 3.8) is 0 Å². The number of hydrogen-bond acceptors (Lipinski definition) is 6. The first-order valence-corrected chi connectivity index (χ1v) is 8.21. The average molecular weight is 414 g/mol. The summed E-state index contributed by atoms with van der Waals surface area (Å²) in [5, 5.41) is 29.1. The van der Waals surface area contributed by atoms with Crippen LogP contribution in [0.5, 0.6) is 0 Å². The first-order chi connectivity index (χ1) is 13.7. The number of carbonyl (C=O) groups excluding carboxylic acids is 3. The number of rotatable bonds is 9. The van der Waals surface area contributed by atoms with E-state index in [1.54, 1.807) is 0 Å². The maximum Gasteiger partial charge on any atom is 0.337 e. The molecular formula is C21H18O9. The molecule has 0 saturated carbocycles. The third-order valence-electron chi connectivity index (χ3n) is 3.99. The molecule has 9 heteroatoms. The molecule has 0 aromatic heterocycles. The lowest BCUT2D eigenvalue weighted by atomic mass is 9.79. The minimum atomic E-state index is -1.94. The van der Waals surface area contributed by atoms with Crippen LogP contribution in [0.1, 0.15) is 82.9 Å². The number of ketones is 3. The average Bonchev–Trinajstić information content (AvgIpc) is 2.62. The Labute approximate surface area is 170 Å². The molecule has 0 spiro atoms. The Balaban J connectivity index is 4.73. The van der Waals surface area contributed by atoms with E-state index in [1.165, 1.54) is 0 Å². The van der Waals surface area contributed by atoms with Crippen molar-refractivity contribution in [2.45, 2.75) is 20.8 Å². The zero-order valence-corrected chi connectivity index (χ0v) is 16.4. The normalized spacial score (nSPS) is 10.1. The van der Waals surface area contributed by atoms with Gasteiger partial charge in [-0.15, -0.1) is 0 Å². The molecule has 0 amide bonds. The zero-order valence-electron chi connectivity index (χ0n) is 16.4. The molecule has 1 rings (SSSR count). The topological polar surface area (TPSA) is 163 Å². The second-order valence-corrected chi connectivity index (χ2v) is 6.49. The van der Waals surface area contributed by atoms with Gasteiger partial charge in [-0.05, 0) is 37.5 Å². The van der Waals surface area contributed by atoms with Gasteiger partial charge in [0.1, 0.15) is 0 Å². The Morgan fingerprint density at radius 3 is 0.733 bits per heavy atom. The molecule has 0 radical (unpaired) electrons. The summed E-state index contributed by atoms with van der Waals surface area (Å²) in [6.07, 6.45) is 0. The lowest BCUT2D eigenvalue weighted by molar-refractivity contribution is 0.0677. The van der Waals surface area contributed by atoms with Crippen LogP contribution in [0.25, 0.3) is 0 Å². The predicted molar refractivity (Wildman–Crippen MR) is 105 cm³/mol. The fourth-order valence-corrected chi connectivity index (χ4v) is 2.71. The summed E-state index contributed by atoms with van der Waals surface area (Å²) < 4.78 is 0. The van der Waals surface area contributed by atoms with Crippen LogP contribution in [0.15, 0.2) is 36.5 Å². The Kier molecular flexibility index (Phi) is 6.75. The van der Waals surface area contributed by atoms with Gasteiger partial charge in [0.15, 0.2) is 17.3 Å². The maximum absolute atomic E-state index is 12.7. The van der Waals surface area contributed by atoms with E-state index in [-0.39, 0.29) is 16.7 Å². The van der Waals surface area contributed by atoms with Crippen LogP contribution < -0.4 is 0 Å². The second-order valence-electron chi connectivity index (χ2n) is 6.49. The van der Waals surface area contributed by atoms with Gasteiger partial charge in [0.25, 0.3) is 0 Å². The second kappa shape index (κ2) is 8.48. The number of benzene rings is 1. The van der Waals surface area contributed by atoms with Crippen molar-refractivity contribution in [3.05, 3.63) is 69.8 Å². The highest BCUT2D eigenvalue weighted by Gasteiger charge is 2.40. The molecule has 9 nitrogen and oxygen atoms in total. The van der Waals surface area contributed by atoms with E-state index in [2.05, 4.69) is 19.7 Å². The lowest BCUT2D eigenvalue weighted by Gasteiger charge is -2.20. The lowest BCUT2D eigenvalue weighted by Crippen LogP contribution is -2.28. The van der Waals surface area contributed by atoms with Crippen molar-refractivity contribution < 1.29 is 44.1 Å². The number of carboxylic acids is 3. The minimum Gasteiger partial charge on any atom is -0.478 e. The molecule has 3 N–H and O–H groups in total. The van der Waals surface area contributed by atoms with Crippen molar-refractivity contribution in [3.8, 4) is 0 Å². The summed E-state index contributed by atoms with van der Waals surface area (Å²) in [6, 6.07) is 0. The van der Waals surface area contributed by atoms with Crippen molar-refractivity contribution in [2.24, 2.45) is 0 Å². The third-order valence-corrected chi connectivity index (χ3v) is 3.99. The van der Waals surface area contributed by atoms with Gasteiger partial charge in [0.2, 0.25) is 0 Å². The number of aromatic carboxylic acids is 3. The molecule has 30 heavy (non-hydrogen) atoms. The molecule has 0 aliphatic carbocycles. The molecule has 0 heterocycles. The van der Waals surface area contributed by atoms with Crippen LogP contribution in [-0.2, 0) is 0 Å². The van der Waals surface area contributed by atoms with Crippen LogP contribution in [-0.4, -0.2) is 50.6 Å². The van der Waals surface area contributed by atoms with Gasteiger partial charge >= 0.3 is 17.9 Å². The fourth-order valence-electron chi connectivity index (χ4n) is 2.71. The monoisotopic (exact) mass is 414 g/mol. The van der Waals surface area contributed by atoms with E-state index in [0.717, 1.165) is 20.8 Å². The van der Waals surface area contributed by atoms with Crippen molar-refractivity contribution in [1.29, 1.82) is 0 Å². The number of carbonyl (C=O) groups is 6. The summed E-state index contributed by atoms with van der Waals surface area (Å²) in [6.45, 7) is 13.5. The first kappa shape index (κ1) is 23.9. The number of allylic oxidation sites excluding steroid dienone is 3. The Hall–Kier alpha value is -4.14. The van der Waals surface area contributed by atoms with E-state index in [0.29, 0.717) is 0 Å². The van der Waals surface area contributed by atoms with Crippen molar-refractivity contribution in [2.75, 3.05) is 0 Å². The molecule has 0 aliphatic heterocycles. The largest absolute Gasteiger partial charge is 0.478 e. The van der Waals surface area contributed by atoms with E-state index in [9.17, 15) is 44.1 Å². The van der Waals surface area contributed by atoms with Crippen LogP contribution in [0.2, 0.25) is 0 Å². The smallest absolute Gasteiger partial charge is 0.337 e. The molecule has 0 fully saturated rings. The molecule has 0 bridgehead atoms. The molecule has 1 aromatic carbocycles.